The fraction of sp³-hybridized carbons (Fsp3) is 0.889. The molecular formula is C9H17NO2S. The fourth-order valence-corrected chi connectivity index (χ4v) is 2.44. The molecule has 1 fully saturated rings. The Labute approximate surface area is 83.8 Å². The van der Waals surface area contributed by atoms with Crippen LogP contribution in [0.4, 0.5) is 0 Å². The highest BCUT2D eigenvalue weighted by Crippen LogP contribution is 2.15. The van der Waals surface area contributed by atoms with E-state index in [9.17, 15) is 4.79 Å². The molecule has 3 nitrogen and oxygen atoms in total. The lowest BCUT2D eigenvalue weighted by atomic mass is 10.2. The van der Waals surface area contributed by atoms with Crippen LogP contribution < -0.4 is 0 Å². The zero-order valence-corrected chi connectivity index (χ0v) is 9.10. The van der Waals surface area contributed by atoms with Crippen molar-refractivity contribution in [3.05, 3.63) is 0 Å². The lowest BCUT2D eigenvalue weighted by Gasteiger charge is -2.21. The van der Waals surface area contributed by atoms with Crippen molar-refractivity contribution in [1.82, 2.24) is 4.90 Å². The Hall–Kier alpha value is -0.220. The van der Waals surface area contributed by atoms with Crippen molar-refractivity contribution in [2.75, 3.05) is 38.3 Å². The second-order valence-electron chi connectivity index (χ2n) is 3.45. The second-order valence-corrected chi connectivity index (χ2v) is 4.60. The Bertz CT molecular complexity index is 175. The van der Waals surface area contributed by atoms with Crippen LogP contribution in [0.5, 0.6) is 0 Å². The summed E-state index contributed by atoms with van der Waals surface area (Å²) in [5, 5.41) is 0. The quantitative estimate of drug-likeness (QED) is 0.666. The van der Waals surface area contributed by atoms with Gasteiger partial charge in [-0.1, -0.05) is 6.92 Å². The molecule has 1 aliphatic rings. The summed E-state index contributed by atoms with van der Waals surface area (Å²) in [6.07, 6.45) is 0. The van der Waals surface area contributed by atoms with Crippen LogP contribution >= 0.6 is 11.8 Å². The number of amides is 1. The van der Waals surface area contributed by atoms with E-state index in [-0.39, 0.29) is 12.5 Å². The topological polar surface area (TPSA) is 29.5 Å². The van der Waals surface area contributed by atoms with Crippen molar-refractivity contribution >= 4 is 17.7 Å². The molecule has 0 aromatic rings. The van der Waals surface area contributed by atoms with Gasteiger partial charge in [0, 0.05) is 26.0 Å². The van der Waals surface area contributed by atoms with Crippen molar-refractivity contribution in [3.8, 4) is 0 Å². The Morgan fingerprint density at radius 1 is 1.69 bits per heavy atom. The van der Waals surface area contributed by atoms with Gasteiger partial charge in [-0.2, -0.15) is 11.8 Å². The average Bonchev–Trinajstić information content (AvgIpc) is 2.30. The number of hydrogen-bond acceptors (Lipinski definition) is 3. The van der Waals surface area contributed by atoms with Crippen molar-refractivity contribution in [2.45, 2.75) is 6.92 Å². The van der Waals surface area contributed by atoms with Gasteiger partial charge in [0.1, 0.15) is 6.61 Å². The summed E-state index contributed by atoms with van der Waals surface area (Å²) in [6, 6.07) is 0. The molecular weight excluding hydrogens is 186 g/mol. The molecule has 1 atom stereocenters. The van der Waals surface area contributed by atoms with E-state index in [0.29, 0.717) is 5.92 Å². The Morgan fingerprint density at radius 2 is 2.46 bits per heavy atom. The van der Waals surface area contributed by atoms with Crippen LogP contribution in [-0.4, -0.2) is 49.1 Å². The molecule has 0 aliphatic carbocycles. The van der Waals surface area contributed by atoms with Crippen molar-refractivity contribution < 1.29 is 9.53 Å². The van der Waals surface area contributed by atoms with Gasteiger partial charge in [-0.05, 0) is 11.7 Å². The second kappa shape index (κ2) is 5.50. The molecule has 0 spiro atoms. The minimum absolute atomic E-state index is 0.122. The maximum atomic E-state index is 11.5. The number of hydrogen-bond donors (Lipinski definition) is 0. The van der Waals surface area contributed by atoms with Gasteiger partial charge in [-0.25, -0.2) is 0 Å². The Morgan fingerprint density at radius 3 is 3.15 bits per heavy atom. The monoisotopic (exact) mass is 203 g/mol. The average molecular weight is 203 g/mol. The van der Waals surface area contributed by atoms with E-state index in [2.05, 4.69) is 6.92 Å². The smallest absolute Gasteiger partial charge is 0.248 e. The van der Waals surface area contributed by atoms with Crippen molar-refractivity contribution in [2.24, 2.45) is 5.92 Å². The van der Waals surface area contributed by atoms with Gasteiger partial charge >= 0.3 is 0 Å². The first-order chi connectivity index (χ1) is 6.24. The van der Waals surface area contributed by atoms with E-state index >= 15 is 0 Å². The molecule has 1 rings (SSSR count). The molecule has 76 valence electrons. The van der Waals surface area contributed by atoms with E-state index < -0.39 is 0 Å². The number of ether oxygens (including phenoxy) is 1. The highest BCUT2D eigenvalue weighted by Gasteiger charge is 2.18. The van der Waals surface area contributed by atoms with Gasteiger partial charge in [0.25, 0.3) is 0 Å². The number of carbonyl (C=O) groups excluding carboxylic acids is 1. The molecule has 1 aliphatic heterocycles. The molecule has 1 saturated heterocycles. The number of rotatable bonds is 2. The van der Waals surface area contributed by atoms with Crippen LogP contribution in [0.1, 0.15) is 6.92 Å². The molecule has 0 aromatic heterocycles. The maximum absolute atomic E-state index is 11.5. The normalized spacial score (nSPS) is 24.2. The molecule has 13 heavy (non-hydrogen) atoms. The zero-order chi connectivity index (χ0) is 9.68. The zero-order valence-electron chi connectivity index (χ0n) is 8.28. The van der Waals surface area contributed by atoms with Gasteiger partial charge in [-0.3, -0.25) is 4.79 Å². The Balaban J connectivity index is 2.42. The molecule has 1 amide bonds. The fourth-order valence-electron chi connectivity index (χ4n) is 1.42. The summed E-state index contributed by atoms with van der Waals surface area (Å²) in [4.78, 5) is 13.4. The first-order valence-electron chi connectivity index (χ1n) is 4.58. The van der Waals surface area contributed by atoms with Gasteiger partial charge in [0.15, 0.2) is 0 Å². The standard InChI is InChI=1S/C9H17NO2S/c1-8-5-10(3-4-13-7-8)9(11)6-12-2/h8H,3-7H2,1-2H3. The molecule has 0 bridgehead atoms. The molecule has 1 unspecified atom stereocenters. The van der Waals surface area contributed by atoms with Crippen molar-refractivity contribution in [3.63, 3.8) is 0 Å². The Kier molecular flexibility index (Phi) is 4.59. The third-order valence-corrected chi connectivity index (χ3v) is 3.34. The van der Waals surface area contributed by atoms with Crippen LogP contribution in [0.25, 0.3) is 0 Å². The minimum Gasteiger partial charge on any atom is -0.375 e. The lowest BCUT2D eigenvalue weighted by molar-refractivity contribution is -0.135. The van der Waals surface area contributed by atoms with E-state index in [1.54, 1.807) is 7.11 Å². The molecule has 0 radical (unpaired) electrons. The third-order valence-electron chi connectivity index (χ3n) is 2.06. The number of nitrogens with zero attached hydrogens (tertiary/aromatic N) is 1. The number of thioether (sulfide) groups is 1. The van der Waals surface area contributed by atoms with Gasteiger partial charge in [0.05, 0.1) is 0 Å². The van der Waals surface area contributed by atoms with Gasteiger partial charge in [-0.15, -0.1) is 0 Å². The summed E-state index contributed by atoms with van der Waals surface area (Å²) < 4.78 is 4.83. The first kappa shape index (κ1) is 10.9. The van der Waals surface area contributed by atoms with Crippen LogP contribution in [0.15, 0.2) is 0 Å². The van der Waals surface area contributed by atoms with Crippen LogP contribution in [0.3, 0.4) is 0 Å². The van der Waals surface area contributed by atoms with Gasteiger partial charge in [0.2, 0.25) is 5.91 Å². The van der Waals surface area contributed by atoms with Gasteiger partial charge < -0.3 is 9.64 Å². The predicted molar refractivity (Wildman–Crippen MR) is 54.9 cm³/mol. The molecule has 0 saturated carbocycles. The third kappa shape index (κ3) is 3.56. The molecule has 0 aromatic carbocycles. The van der Waals surface area contributed by atoms with E-state index in [1.165, 1.54) is 0 Å². The summed E-state index contributed by atoms with van der Waals surface area (Å²) in [5.41, 5.74) is 0. The number of methoxy groups -OCH3 is 1. The summed E-state index contributed by atoms with van der Waals surface area (Å²) >= 11 is 1.93. The summed E-state index contributed by atoms with van der Waals surface area (Å²) in [7, 11) is 1.56. The SMILES string of the molecule is COCC(=O)N1CCSCC(C)C1. The molecule has 1 heterocycles. The first-order valence-corrected chi connectivity index (χ1v) is 5.74. The summed E-state index contributed by atoms with van der Waals surface area (Å²) in [6.45, 7) is 4.16. The predicted octanol–water partition coefficient (Wildman–Crippen LogP) is 0.844. The van der Waals surface area contributed by atoms with Crippen LogP contribution in [0.2, 0.25) is 0 Å². The van der Waals surface area contributed by atoms with Crippen LogP contribution in [0, 0.1) is 5.92 Å². The highest BCUT2D eigenvalue weighted by atomic mass is 32.2. The minimum atomic E-state index is 0.122. The largest absolute Gasteiger partial charge is 0.375 e. The van der Waals surface area contributed by atoms with Crippen molar-refractivity contribution in [1.29, 1.82) is 0 Å². The summed E-state index contributed by atoms with van der Waals surface area (Å²) in [5.74, 6) is 2.95. The lowest BCUT2D eigenvalue weighted by Crippen LogP contribution is -2.37. The maximum Gasteiger partial charge on any atom is 0.248 e. The van der Waals surface area contributed by atoms with E-state index in [4.69, 9.17) is 4.74 Å². The van der Waals surface area contributed by atoms with Crippen LogP contribution in [-0.2, 0) is 9.53 Å². The highest BCUT2D eigenvalue weighted by molar-refractivity contribution is 7.99. The molecule has 0 N–H and O–H groups in total. The number of carbonyl (C=O) groups is 1. The van der Waals surface area contributed by atoms with E-state index in [0.717, 1.165) is 24.6 Å². The van der Waals surface area contributed by atoms with E-state index in [1.807, 2.05) is 16.7 Å². The molecule has 4 heteroatoms.